The maximum atomic E-state index is 12.9. The van der Waals surface area contributed by atoms with E-state index >= 15 is 0 Å². The standard InChI is InChI=1S/C21H19FN2O2/c22-14-8-10-15(11-9-14)23-12-16(25)13-26-20-7-3-6-19-21(20)17-4-1-2-5-18(17)24-19/h1-11,16,23-25H,12-13H2. The normalized spacial score (nSPS) is 12.4. The van der Waals surface area contributed by atoms with Crippen molar-refractivity contribution in [1.82, 2.24) is 4.98 Å². The first-order valence-corrected chi connectivity index (χ1v) is 8.50. The maximum absolute atomic E-state index is 12.9. The van der Waals surface area contributed by atoms with Crippen LogP contribution >= 0.6 is 0 Å². The van der Waals surface area contributed by atoms with Crippen LogP contribution in [0.15, 0.2) is 66.7 Å². The summed E-state index contributed by atoms with van der Waals surface area (Å²) < 4.78 is 18.8. The van der Waals surface area contributed by atoms with Crippen LogP contribution in [0.5, 0.6) is 5.75 Å². The fourth-order valence-electron chi connectivity index (χ4n) is 3.04. The van der Waals surface area contributed by atoms with Gasteiger partial charge in [-0.05, 0) is 42.5 Å². The summed E-state index contributed by atoms with van der Waals surface area (Å²) in [6, 6.07) is 19.9. The number of hydrogen-bond acceptors (Lipinski definition) is 3. The van der Waals surface area contributed by atoms with E-state index in [-0.39, 0.29) is 12.4 Å². The molecule has 4 rings (SSSR count). The Hall–Kier alpha value is -3.05. The molecular formula is C21H19FN2O2. The second-order valence-corrected chi connectivity index (χ2v) is 6.20. The van der Waals surface area contributed by atoms with Gasteiger partial charge in [-0.1, -0.05) is 24.3 Å². The number of fused-ring (bicyclic) bond motifs is 3. The van der Waals surface area contributed by atoms with Gasteiger partial charge in [0.15, 0.2) is 0 Å². The van der Waals surface area contributed by atoms with Gasteiger partial charge in [0.1, 0.15) is 24.3 Å². The van der Waals surface area contributed by atoms with Crippen LogP contribution in [0.25, 0.3) is 21.8 Å². The van der Waals surface area contributed by atoms with E-state index in [9.17, 15) is 9.50 Å². The highest BCUT2D eigenvalue weighted by molar-refractivity contribution is 6.10. The molecule has 1 unspecified atom stereocenters. The fraction of sp³-hybridized carbons (Fsp3) is 0.143. The molecule has 4 nitrogen and oxygen atoms in total. The Morgan fingerprint density at radius 2 is 1.73 bits per heavy atom. The average Bonchev–Trinajstić information content (AvgIpc) is 3.05. The molecule has 132 valence electrons. The van der Waals surface area contributed by atoms with Crippen LogP contribution in [0.4, 0.5) is 10.1 Å². The van der Waals surface area contributed by atoms with E-state index < -0.39 is 6.10 Å². The number of benzene rings is 3. The van der Waals surface area contributed by atoms with E-state index in [1.54, 1.807) is 12.1 Å². The summed E-state index contributed by atoms with van der Waals surface area (Å²) in [5.74, 6) is 0.451. The van der Waals surface area contributed by atoms with E-state index in [0.717, 1.165) is 33.2 Å². The SMILES string of the molecule is OC(CNc1ccc(F)cc1)COc1cccc2[nH]c3ccccc3c12. The third kappa shape index (κ3) is 3.34. The number of para-hydroxylation sites is 1. The third-order valence-corrected chi connectivity index (χ3v) is 4.31. The summed E-state index contributed by atoms with van der Waals surface area (Å²) in [6.07, 6.45) is -0.694. The molecule has 1 aromatic heterocycles. The lowest BCUT2D eigenvalue weighted by Crippen LogP contribution is -2.26. The number of anilines is 1. The molecule has 0 saturated heterocycles. The first-order chi connectivity index (χ1) is 12.7. The molecule has 3 N–H and O–H groups in total. The molecule has 0 amide bonds. The Morgan fingerprint density at radius 1 is 0.962 bits per heavy atom. The van der Waals surface area contributed by atoms with Crippen molar-refractivity contribution >= 4 is 27.5 Å². The molecule has 3 aromatic carbocycles. The van der Waals surface area contributed by atoms with Crippen LogP contribution in [0.3, 0.4) is 0 Å². The lowest BCUT2D eigenvalue weighted by Gasteiger charge is -2.14. The van der Waals surface area contributed by atoms with Gasteiger partial charge in [-0.3, -0.25) is 0 Å². The van der Waals surface area contributed by atoms with Gasteiger partial charge in [0, 0.05) is 28.5 Å². The molecule has 0 fully saturated rings. The van der Waals surface area contributed by atoms with E-state index in [1.165, 1.54) is 12.1 Å². The number of aromatic nitrogens is 1. The highest BCUT2D eigenvalue weighted by Gasteiger charge is 2.11. The lowest BCUT2D eigenvalue weighted by molar-refractivity contribution is 0.118. The number of halogens is 1. The second kappa shape index (κ2) is 7.06. The summed E-state index contributed by atoms with van der Waals surface area (Å²) in [5, 5.41) is 15.4. The van der Waals surface area contributed by atoms with Crippen LogP contribution < -0.4 is 10.1 Å². The van der Waals surface area contributed by atoms with Crippen molar-refractivity contribution in [3.8, 4) is 5.75 Å². The van der Waals surface area contributed by atoms with E-state index in [4.69, 9.17) is 4.74 Å². The topological polar surface area (TPSA) is 57.3 Å². The van der Waals surface area contributed by atoms with Crippen LogP contribution in [0.1, 0.15) is 0 Å². The number of aliphatic hydroxyl groups excluding tert-OH is 1. The summed E-state index contributed by atoms with van der Waals surface area (Å²) in [7, 11) is 0. The molecule has 0 aliphatic carbocycles. The molecule has 5 heteroatoms. The molecule has 0 bridgehead atoms. The van der Waals surface area contributed by atoms with Crippen molar-refractivity contribution in [2.45, 2.75) is 6.10 Å². The molecular weight excluding hydrogens is 331 g/mol. The minimum absolute atomic E-state index is 0.160. The van der Waals surface area contributed by atoms with Crippen molar-refractivity contribution in [2.75, 3.05) is 18.5 Å². The van der Waals surface area contributed by atoms with Gasteiger partial charge in [0.2, 0.25) is 0 Å². The lowest BCUT2D eigenvalue weighted by atomic mass is 10.1. The summed E-state index contributed by atoms with van der Waals surface area (Å²) in [6.45, 7) is 0.475. The van der Waals surface area contributed by atoms with Crippen LogP contribution in [-0.2, 0) is 0 Å². The predicted octanol–water partition coefficient (Wildman–Crippen LogP) is 4.31. The molecule has 0 aliphatic rings. The zero-order valence-electron chi connectivity index (χ0n) is 14.1. The van der Waals surface area contributed by atoms with Crippen LogP contribution in [0.2, 0.25) is 0 Å². The van der Waals surface area contributed by atoms with Gasteiger partial charge in [-0.15, -0.1) is 0 Å². The average molecular weight is 350 g/mol. The smallest absolute Gasteiger partial charge is 0.129 e. The largest absolute Gasteiger partial charge is 0.490 e. The van der Waals surface area contributed by atoms with Gasteiger partial charge >= 0.3 is 0 Å². The molecule has 0 spiro atoms. The highest BCUT2D eigenvalue weighted by atomic mass is 19.1. The van der Waals surface area contributed by atoms with Gasteiger partial charge in [0.25, 0.3) is 0 Å². The molecule has 0 saturated carbocycles. The number of rotatable bonds is 6. The predicted molar refractivity (Wildman–Crippen MR) is 102 cm³/mol. The van der Waals surface area contributed by atoms with Gasteiger partial charge in [0.05, 0.1) is 5.52 Å². The molecule has 1 atom stereocenters. The van der Waals surface area contributed by atoms with Crippen LogP contribution in [-0.4, -0.2) is 29.3 Å². The molecule has 26 heavy (non-hydrogen) atoms. The van der Waals surface area contributed by atoms with Crippen molar-refractivity contribution in [3.63, 3.8) is 0 Å². The van der Waals surface area contributed by atoms with Crippen LogP contribution in [0, 0.1) is 5.82 Å². The monoisotopic (exact) mass is 350 g/mol. The fourth-order valence-corrected chi connectivity index (χ4v) is 3.04. The summed E-state index contributed by atoms with van der Waals surface area (Å²) in [4.78, 5) is 3.37. The molecule has 0 aliphatic heterocycles. The zero-order valence-corrected chi connectivity index (χ0v) is 14.1. The summed E-state index contributed by atoms with van der Waals surface area (Å²) >= 11 is 0. The van der Waals surface area contributed by atoms with Crippen molar-refractivity contribution in [2.24, 2.45) is 0 Å². The number of aliphatic hydroxyl groups is 1. The quantitative estimate of drug-likeness (QED) is 0.486. The van der Waals surface area contributed by atoms with Gasteiger partial charge in [-0.25, -0.2) is 4.39 Å². The Morgan fingerprint density at radius 3 is 2.58 bits per heavy atom. The second-order valence-electron chi connectivity index (χ2n) is 6.20. The number of aromatic amines is 1. The van der Waals surface area contributed by atoms with Crippen molar-refractivity contribution in [1.29, 1.82) is 0 Å². The third-order valence-electron chi connectivity index (χ3n) is 4.31. The Balaban J connectivity index is 1.45. The number of ether oxygens (including phenoxy) is 1. The minimum Gasteiger partial charge on any atom is -0.490 e. The van der Waals surface area contributed by atoms with E-state index in [2.05, 4.69) is 10.3 Å². The number of nitrogens with one attached hydrogen (secondary N) is 2. The summed E-state index contributed by atoms with van der Waals surface area (Å²) in [5.41, 5.74) is 2.81. The van der Waals surface area contributed by atoms with Crippen molar-refractivity contribution in [3.05, 3.63) is 72.5 Å². The van der Waals surface area contributed by atoms with E-state index in [1.807, 2.05) is 42.5 Å². The van der Waals surface area contributed by atoms with E-state index in [0.29, 0.717) is 6.54 Å². The Labute approximate surface area is 150 Å². The maximum Gasteiger partial charge on any atom is 0.129 e. The molecule has 1 heterocycles. The molecule has 4 aromatic rings. The highest BCUT2D eigenvalue weighted by Crippen LogP contribution is 2.32. The first kappa shape index (κ1) is 16.4. The number of H-pyrrole nitrogens is 1. The van der Waals surface area contributed by atoms with Crippen molar-refractivity contribution < 1.29 is 14.2 Å². The molecule has 0 radical (unpaired) electrons. The minimum atomic E-state index is -0.694. The Bertz CT molecular complexity index is 1030. The van der Waals surface area contributed by atoms with Gasteiger partial charge in [-0.2, -0.15) is 0 Å². The Kier molecular flexibility index (Phi) is 4.46. The first-order valence-electron chi connectivity index (χ1n) is 8.50. The number of hydrogen-bond donors (Lipinski definition) is 3. The zero-order chi connectivity index (χ0) is 17.9. The van der Waals surface area contributed by atoms with Gasteiger partial charge < -0.3 is 20.1 Å².